The molecule has 2 aliphatic rings. The molecule has 0 aromatic heterocycles. The fourth-order valence-corrected chi connectivity index (χ4v) is 5.50. The number of halogens is 1. The van der Waals surface area contributed by atoms with E-state index in [1.54, 1.807) is 24.3 Å². The molecule has 1 atom stereocenters. The van der Waals surface area contributed by atoms with Crippen LogP contribution in [0.2, 0.25) is 0 Å². The molecule has 0 N–H and O–H groups in total. The van der Waals surface area contributed by atoms with Crippen molar-refractivity contribution in [2.24, 2.45) is 0 Å². The van der Waals surface area contributed by atoms with E-state index >= 15 is 4.39 Å². The van der Waals surface area contributed by atoms with Gasteiger partial charge in [-0.25, -0.2) is 4.39 Å². The minimum absolute atomic E-state index is 0.324. The summed E-state index contributed by atoms with van der Waals surface area (Å²) in [6.45, 7) is 20.5. The van der Waals surface area contributed by atoms with Gasteiger partial charge in [0.1, 0.15) is 5.82 Å². The number of fused-ring (bicyclic) bond motifs is 5. The van der Waals surface area contributed by atoms with Crippen LogP contribution in [0, 0.1) is 5.82 Å². The van der Waals surface area contributed by atoms with Crippen molar-refractivity contribution in [2.45, 2.75) is 19.3 Å². The number of allylic oxidation sites excluding steroid dienone is 12. The summed E-state index contributed by atoms with van der Waals surface area (Å²) >= 11 is 0. The average Bonchev–Trinajstić information content (AvgIpc) is 3.30. The van der Waals surface area contributed by atoms with Crippen molar-refractivity contribution in [3.05, 3.63) is 166 Å². The lowest BCUT2D eigenvalue weighted by Gasteiger charge is -2.32. The molecule has 2 aromatic carbocycles. The maximum Gasteiger partial charge on any atom is 0.130 e. The Morgan fingerprint density at radius 2 is 1.39 bits per heavy atom. The molecule has 36 heavy (non-hydrogen) atoms. The largest absolute Gasteiger partial charge is 0.206 e. The van der Waals surface area contributed by atoms with Gasteiger partial charge in [0.2, 0.25) is 0 Å². The van der Waals surface area contributed by atoms with Gasteiger partial charge < -0.3 is 0 Å². The van der Waals surface area contributed by atoms with E-state index in [0.717, 1.165) is 49.8 Å². The van der Waals surface area contributed by atoms with Gasteiger partial charge >= 0.3 is 0 Å². The van der Waals surface area contributed by atoms with Gasteiger partial charge in [-0.1, -0.05) is 123 Å². The lowest BCUT2D eigenvalue weighted by molar-refractivity contribution is 0.615. The molecule has 1 unspecified atom stereocenters. The zero-order chi connectivity index (χ0) is 25.9. The van der Waals surface area contributed by atoms with Crippen LogP contribution in [0.15, 0.2) is 139 Å². The molecule has 4 rings (SSSR count). The standard InChI is InChI=1S/C35H31F/c1-7-11-21-30-26(10-4)27(16-8-2)29(17-9-3)35(30)31-22-15-14-20-28(31)34-25(6)19-13-12-18-24(5)33(36)23-32(34)35/h7-23H,1,4-6H2,2-3H3/b16-8-,17-9-,18-12?,19-13?,21-11-,33-23?. The predicted octanol–water partition coefficient (Wildman–Crippen LogP) is 7.72. The summed E-state index contributed by atoms with van der Waals surface area (Å²) in [6.07, 6.45) is 16.0. The molecular weight excluding hydrogens is 439 g/mol. The van der Waals surface area contributed by atoms with Crippen LogP contribution in [0.3, 0.4) is 0 Å². The second-order valence-corrected chi connectivity index (χ2v) is 8.80. The first kappa shape index (κ1) is 24.9. The summed E-state index contributed by atoms with van der Waals surface area (Å²) in [5.41, 5.74) is 7.28. The van der Waals surface area contributed by atoms with E-state index in [2.05, 4.69) is 56.7 Å². The highest BCUT2D eigenvalue weighted by Crippen LogP contribution is 2.61. The van der Waals surface area contributed by atoms with Gasteiger partial charge in [0.05, 0.1) is 5.41 Å². The lowest BCUT2D eigenvalue weighted by atomic mass is 9.68. The van der Waals surface area contributed by atoms with Gasteiger partial charge in [0.15, 0.2) is 0 Å². The first-order valence-electron chi connectivity index (χ1n) is 12.1. The van der Waals surface area contributed by atoms with Crippen molar-refractivity contribution in [3.8, 4) is 11.1 Å². The fraction of sp³-hybridized carbons (Fsp3) is 0.0857. The zero-order valence-corrected chi connectivity index (χ0v) is 21.0. The maximum atomic E-state index is 15.8. The molecule has 0 nitrogen and oxygen atoms in total. The van der Waals surface area contributed by atoms with E-state index in [0.29, 0.717) is 5.22 Å². The Morgan fingerprint density at radius 3 is 2.06 bits per heavy atom. The van der Waals surface area contributed by atoms with Crippen molar-refractivity contribution in [1.82, 2.24) is 0 Å². The van der Waals surface area contributed by atoms with Gasteiger partial charge in [-0.3, -0.25) is 0 Å². The summed E-state index contributed by atoms with van der Waals surface area (Å²) < 4.78 is 15.8. The monoisotopic (exact) mass is 470 g/mol. The van der Waals surface area contributed by atoms with E-state index in [1.807, 2.05) is 62.4 Å². The van der Waals surface area contributed by atoms with Crippen LogP contribution in [-0.2, 0) is 5.41 Å². The summed E-state index contributed by atoms with van der Waals surface area (Å²) in [4.78, 5) is 0. The second-order valence-electron chi connectivity index (χ2n) is 8.80. The third-order valence-electron chi connectivity index (χ3n) is 6.83. The summed E-state index contributed by atoms with van der Waals surface area (Å²) in [7, 11) is 0. The Bertz CT molecular complexity index is 1570. The van der Waals surface area contributed by atoms with E-state index in [4.69, 9.17) is 0 Å². The normalized spacial score (nSPS) is 18.4. The molecule has 2 aromatic rings. The van der Waals surface area contributed by atoms with Crippen LogP contribution in [0.5, 0.6) is 0 Å². The van der Waals surface area contributed by atoms with Crippen molar-refractivity contribution >= 4 is 13.2 Å². The first-order chi connectivity index (χ1) is 17.5. The molecular formula is C35H31F. The molecule has 1 spiro atoms. The molecule has 0 heterocycles. The first-order valence-corrected chi connectivity index (χ1v) is 12.1. The molecule has 178 valence electrons. The molecule has 1 heteroatoms. The average molecular weight is 471 g/mol. The molecule has 0 saturated carbocycles. The topological polar surface area (TPSA) is 0 Å². The van der Waals surface area contributed by atoms with Crippen molar-refractivity contribution in [2.75, 3.05) is 0 Å². The third-order valence-corrected chi connectivity index (χ3v) is 6.83. The molecule has 0 bridgehead atoms. The number of hydrogen-bond donors (Lipinski definition) is 0. The van der Waals surface area contributed by atoms with Gasteiger partial charge in [-0.2, -0.15) is 0 Å². The highest BCUT2D eigenvalue weighted by Gasteiger charge is 2.52. The Kier molecular flexibility index (Phi) is 7.03. The molecule has 2 aliphatic carbocycles. The van der Waals surface area contributed by atoms with E-state index in [9.17, 15) is 0 Å². The van der Waals surface area contributed by atoms with Gasteiger partial charge in [0.25, 0.3) is 0 Å². The SMILES string of the molecule is C=C/C=C\C1=C(C=C)C(/C=C\C)=C(/C=C\C)C12c1ccccc1-c1c2cc(F)c(=C)ccccc1=C. The maximum absolute atomic E-state index is 15.8. The highest BCUT2D eigenvalue weighted by molar-refractivity contribution is 5.90. The minimum atomic E-state index is -0.770. The third kappa shape index (κ3) is 3.69. The summed E-state index contributed by atoms with van der Waals surface area (Å²) in [5, 5.41) is 1.14. The van der Waals surface area contributed by atoms with Crippen LogP contribution in [-0.4, -0.2) is 0 Å². The van der Waals surface area contributed by atoms with Crippen LogP contribution in [0.25, 0.3) is 24.3 Å². The number of benzene rings is 1. The van der Waals surface area contributed by atoms with E-state index in [1.165, 1.54) is 0 Å². The minimum Gasteiger partial charge on any atom is -0.206 e. The van der Waals surface area contributed by atoms with E-state index < -0.39 is 5.41 Å². The van der Waals surface area contributed by atoms with Crippen LogP contribution in [0.1, 0.15) is 25.0 Å². The second kappa shape index (κ2) is 10.2. The van der Waals surface area contributed by atoms with Gasteiger partial charge in [-0.15, -0.1) is 0 Å². The Labute approximate surface area is 213 Å². The Hall–Kier alpha value is -4.23. The fourth-order valence-electron chi connectivity index (χ4n) is 5.50. The molecule has 0 saturated heterocycles. The van der Waals surface area contributed by atoms with Gasteiger partial charge in [-0.05, 0) is 69.7 Å². The van der Waals surface area contributed by atoms with Gasteiger partial charge in [0, 0.05) is 5.22 Å². The van der Waals surface area contributed by atoms with Crippen LogP contribution >= 0.6 is 0 Å². The van der Waals surface area contributed by atoms with E-state index in [-0.39, 0.29) is 5.82 Å². The summed E-state index contributed by atoms with van der Waals surface area (Å²) in [6, 6.07) is 17.3. The van der Waals surface area contributed by atoms with Crippen LogP contribution < -0.4 is 10.4 Å². The molecule has 0 radical (unpaired) electrons. The lowest BCUT2D eigenvalue weighted by Crippen LogP contribution is -2.28. The highest BCUT2D eigenvalue weighted by atomic mass is 19.1. The molecule has 0 amide bonds. The smallest absolute Gasteiger partial charge is 0.130 e. The Balaban J connectivity index is 2.42. The molecule has 0 fully saturated rings. The van der Waals surface area contributed by atoms with Crippen LogP contribution in [0.4, 0.5) is 4.39 Å². The molecule has 0 aliphatic heterocycles. The van der Waals surface area contributed by atoms with Crippen molar-refractivity contribution in [3.63, 3.8) is 0 Å². The van der Waals surface area contributed by atoms with Crippen molar-refractivity contribution in [1.29, 1.82) is 0 Å². The summed E-state index contributed by atoms with van der Waals surface area (Å²) in [5.74, 6) is -0.374. The number of rotatable bonds is 5. The Morgan fingerprint density at radius 1 is 0.750 bits per heavy atom. The predicted molar refractivity (Wildman–Crippen MR) is 154 cm³/mol. The number of hydrogen-bond acceptors (Lipinski definition) is 0. The quantitative estimate of drug-likeness (QED) is 0.392. The zero-order valence-electron chi connectivity index (χ0n) is 21.0. The van der Waals surface area contributed by atoms with Crippen molar-refractivity contribution < 1.29 is 4.39 Å².